The van der Waals surface area contributed by atoms with E-state index in [-0.39, 0.29) is 0 Å². The summed E-state index contributed by atoms with van der Waals surface area (Å²) in [4.78, 5) is 0. The van der Waals surface area contributed by atoms with Gasteiger partial charge in [0.25, 0.3) is 0 Å². The van der Waals surface area contributed by atoms with Crippen molar-refractivity contribution in [1.82, 2.24) is 0 Å². The highest BCUT2D eigenvalue weighted by Crippen LogP contribution is 2.34. The lowest BCUT2D eigenvalue weighted by atomic mass is 9.88. The fraction of sp³-hybridized carbons (Fsp3) is 0.0870. The molecule has 0 heterocycles. The second kappa shape index (κ2) is 5.93. The van der Waals surface area contributed by atoms with Crippen LogP contribution in [0.2, 0.25) is 0 Å². The van der Waals surface area contributed by atoms with Gasteiger partial charge in [-0.05, 0) is 35.3 Å². The minimum absolute atomic E-state index is 0.591. The van der Waals surface area contributed by atoms with Gasteiger partial charge in [0, 0.05) is 11.1 Å². The maximum absolute atomic E-state index is 8.86. The molecule has 3 aromatic rings. The van der Waals surface area contributed by atoms with Gasteiger partial charge in [0.1, 0.15) is 0 Å². The third-order valence-corrected chi connectivity index (χ3v) is 4.63. The fourth-order valence-corrected chi connectivity index (χ4v) is 3.41. The summed E-state index contributed by atoms with van der Waals surface area (Å²) in [5.74, 6) is 0. The summed E-state index contributed by atoms with van der Waals surface area (Å²) < 4.78 is 0. The minimum atomic E-state index is 0.591. The molecule has 1 aliphatic rings. The van der Waals surface area contributed by atoms with Gasteiger partial charge < -0.3 is 0 Å². The van der Waals surface area contributed by atoms with E-state index >= 15 is 0 Å². The predicted octanol–water partition coefficient (Wildman–Crippen LogP) is 5.99. The summed E-state index contributed by atoms with van der Waals surface area (Å²) in [5, 5.41) is 11.2. The van der Waals surface area contributed by atoms with Crippen LogP contribution in [0.15, 0.2) is 84.5 Å². The van der Waals surface area contributed by atoms with Crippen molar-refractivity contribution >= 4 is 22.1 Å². The molecule has 0 saturated heterocycles. The smallest absolute Gasteiger partial charge is 0.0696 e. The number of hydrogen-bond acceptors (Lipinski definition) is 1. The Hall–Kier alpha value is -2.93. The van der Waals surface area contributed by atoms with E-state index in [1.807, 2.05) is 30.3 Å². The molecule has 1 N–H and O–H groups in total. The molecule has 0 amide bonds. The first-order valence-electron chi connectivity index (χ1n) is 8.28. The number of rotatable bonds is 3. The van der Waals surface area contributed by atoms with Crippen molar-refractivity contribution in [3.05, 3.63) is 101 Å². The Morgan fingerprint density at radius 1 is 0.875 bits per heavy atom. The Morgan fingerprint density at radius 2 is 1.62 bits per heavy atom. The van der Waals surface area contributed by atoms with Crippen molar-refractivity contribution < 1.29 is 0 Å². The molecule has 0 fully saturated rings. The van der Waals surface area contributed by atoms with Gasteiger partial charge in [-0.3, -0.25) is 5.41 Å². The van der Waals surface area contributed by atoms with Gasteiger partial charge in [0.2, 0.25) is 0 Å². The molecule has 0 unspecified atom stereocenters. The molecule has 0 bridgehead atoms. The second-order valence-corrected chi connectivity index (χ2v) is 6.27. The largest absolute Gasteiger partial charge is 0.300 e. The van der Waals surface area contributed by atoms with Crippen molar-refractivity contribution in [1.29, 1.82) is 5.41 Å². The van der Waals surface area contributed by atoms with Crippen LogP contribution in [0.1, 0.15) is 30.0 Å². The van der Waals surface area contributed by atoms with Crippen LogP contribution in [0.4, 0.5) is 0 Å². The average molecular weight is 309 g/mol. The maximum Gasteiger partial charge on any atom is 0.0696 e. The molecular weight excluding hydrogens is 290 g/mol. The lowest BCUT2D eigenvalue weighted by Gasteiger charge is -2.15. The predicted molar refractivity (Wildman–Crippen MR) is 103 cm³/mol. The molecule has 1 aliphatic carbocycles. The lowest BCUT2D eigenvalue weighted by Crippen LogP contribution is -2.06. The molecule has 0 saturated carbocycles. The fourth-order valence-electron chi connectivity index (χ4n) is 3.41. The summed E-state index contributed by atoms with van der Waals surface area (Å²) in [6, 6.07) is 22.7. The highest BCUT2D eigenvalue weighted by Gasteiger charge is 2.17. The summed E-state index contributed by atoms with van der Waals surface area (Å²) in [5.41, 5.74) is 6.36. The third-order valence-electron chi connectivity index (χ3n) is 4.63. The van der Waals surface area contributed by atoms with Crippen LogP contribution < -0.4 is 0 Å². The monoisotopic (exact) mass is 309 g/mol. The maximum atomic E-state index is 8.86. The van der Waals surface area contributed by atoms with Crippen LogP contribution in [-0.2, 0) is 0 Å². The normalized spacial score (nSPS) is 13.7. The summed E-state index contributed by atoms with van der Waals surface area (Å²) in [6.07, 6.45) is 5.44. The standard InChI is InChI=1S/C23H19N/c1-16-11-12-19(15-16)21-14-13-17-7-5-6-10-20(17)22(21)23(24)18-8-3-2-4-9-18/h2-11,13-15,24H,12H2,1H3. The number of hydrogen-bond donors (Lipinski definition) is 1. The zero-order valence-corrected chi connectivity index (χ0v) is 13.7. The van der Waals surface area contributed by atoms with Crippen LogP contribution >= 0.6 is 0 Å². The van der Waals surface area contributed by atoms with Gasteiger partial charge in [-0.25, -0.2) is 0 Å². The van der Waals surface area contributed by atoms with E-state index in [0.717, 1.165) is 22.9 Å². The zero-order chi connectivity index (χ0) is 16.5. The van der Waals surface area contributed by atoms with E-state index in [0.29, 0.717) is 5.71 Å². The van der Waals surface area contributed by atoms with Gasteiger partial charge in [-0.1, -0.05) is 84.5 Å². The molecule has 3 aromatic carbocycles. The van der Waals surface area contributed by atoms with Crippen molar-refractivity contribution in [3.8, 4) is 0 Å². The van der Waals surface area contributed by atoms with E-state index in [1.165, 1.54) is 22.1 Å². The Morgan fingerprint density at radius 3 is 2.38 bits per heavy atom. The van der Waals surface area contributed by atoms with E-state index < -0.39 is 0 Å². The number of fused-ring (bicyclic) bond motifs is 1. The quantitative estimate of drug-likeness (QED) is 0.575. The third kappa shape index (κ3) is 2.48. The van der Waals surface area contributed by atoms with E-state index in [4.69, 9.17) is 5.41 Å². The Balaban J connectivity index is 1.97. The molecule has 0 aliphatic heterocycles. The van der Waals surface area contributed by atoms with Crippen LogP contribution in [-0.4, -0.2) is 5.71 Å². The SMILES string of the molecule is CC1=CCC(c2ccc3ccccc3c2C(=N)c2ccccc2)=C1. The molecule has 1 heteroatoms. The van der Waals surface area contributed by atoms with Crippen molar-refractivity contribution in [2.24, 2.45) is 0 Å². The van der Waals surface area contributed by atoms with Gasteiger partial charge in [0.15, 0.2) is 0 Å². The zero-order valence-electron chi connectivity index (χ0n) is 13.7. The highest BCUT2D eigenvalue weighted by atomic mass is 14.4. The number of benzene rings is 3. The molecule has 0 aromatic heterocycles. The van der Waals surface area contributed by atoms with Gasteiger partial charge in [-0.15, -0.1) is 0 Å². The van der Waals surface area contributed by atoms with E-state index in [1.54, 1.807) is 0 Å². The first-order chi connectivity index (χ1) is 11.7. The second-order valence-electron chi connectivity index (χ2n) is 6.27. The highest BCUT2D eigenvalue weighted by molar-refractivity contribution is 6.20. The first-order valence-corrected chi connectivity index (χ1v) is 8.28. The summed E-state index contributed by atoms with van der Waals surface area (Å²) in [7, 11) is 0. The number of allylic oxidation sites excluding steroid dienone is 4. The molecule has 24 heavy (non-hydrogen) atoms. The molecular formula is C23H19N. The van der Waals surface area contributed by atoms with Crippen LogP contribution in [0.25, 0.3) is 16.3 Å². The Bertz CT molecular complexity index is 991. The minimum Gasteiger partial charge on any atom is -0.300 e. The van der Waals surface area contributed by atoms with Crippen LogP contribution in [0, 0.1) is 5.41 Å². The Labute approximate surface area is 142 Å². The average Bonchev–Trinajstić information content (AvgIpc) is 3.07. The van der Waals surface area contributed by atoms with Gasteiger partial charge >= 0.3 is 0 Å². The van der Waals surface area contributed by atoms with Gasteiger partial charge in [0.05, 0.1) is 5.71 Å². The molecule has 116 valence electrons. The molecule has 0 radical (unpaired) electrons. The van der Waals surface area contributed by atoms with Gasteiger partial charge in [-0.2, -0.15) is 0 Å². The number of nitrogens with one attached hydrogen (secondary N) is 1. The van der Waals surface area contributed by atoms with Crippen molar-refractivity contribution in [2.75, 3.05) is 0 Å². The van der Waals surface area contributed by atoms with Crippen molar-refractivity contribution in [2.45, 2.75) is 13.3 Å². The summed E-state index contributed by atoms with van der Waals surface area (Å²) >= 11 is 0. The van der Waals surface area contributed by atoms with Crippen LogP contribution in [0.3, 0.4) is 0 Å². The van der Waals surface area contributed by atoms with E-state index in [2.05, 4.69) is 55.5 Å². The Kier molecular flexibility index (Phi) is 3.62. The molecule has 4 rings (SSSR count). The first kappa shape index (κ1) is 14.6. The van der Waals surface area contributed by atoms with E-state index in [9.17, 15) is 0 Å². The topological polar surface area (TPSA) is 23.9 Å². The molecule has 0 atom stereocenters. The van der Waals surface area contributed by atoms with Crippen molar-refractivity contribution in [3.63, 3.8) is 0 Å². The van der Waals surface area contributed by atoms with Crippen LogP contribution in [0.5, 0.6) is 0 Å². The molecule has 1 nitrogen and oxygen atoms in total. The molecule has 0 spiro atoms. The summed E-state index contributed by atoms with van der Waals surface area (Å²) in [6.45, 7) is 2.14. The lowest BCUT2D eigenvalue weighted by molar-refractivity contribution is 1.40.